The molecule has 2 heterocycles. The zero-order valence-corrected chi connectivity index (χ0v) is 10.9. The summed E-state index contributed by atoms with van der Waals surface area (Å²) in [6.07, 6.45) is 0. The van der Waals surface area contributed by atoms with E-state index in [1.54, 1.807) is 0 Å². The number of pyridine rings is 2. The Balaban J connectivity index is 2.55. The van der Waals surface area contributed by atoms with Crippen molar-refractivity contribution in [2.24, 2.45) is 0 Å². The van der Waals surface area contributed by atoms with Gasteiger partial charge in [-0.1, -0.05) is 24.3 Å². The Morgan fingerprint density at radius 1 is 0.812 bits per heavy atom. The average Bonchev–Trinajstić information content (AvgIpc) is 2.29. The van der Waals surface area contributed by atoms with Gasteiger partial charge in [0, 0.05) is 16.5 Å². The maximum atomic E-state index is 4.58. The molecule has 0 N–H and O–H groups in total. The van der Waals surface area contributed by atoms with Crippen LogP contribution in [0.2, 0.25) is 0 Å². The quantitative estimate of drug-likeness (QED) is 0.359. The van der Waals surface area contributed by atoms with Gasteiger partial charge in [0.2, 0.25) is 0 Å². The van der Waals surface area contributed by atoms with E-state index < -0.39 is 0 Å². The molecule has 2 nitrogen and oxygen atoms in total. The van der Waals surface area contributed by atoms with Crippen LogP contribution in [-0.2, 0) is 0 Å². The van der Waals surface area contributed by atoms with Crippen LogP contribution in [0.4, 0.5) is 0 Å². The molecule has 78 valence electrons. The van der Waals surface area contributed by atoms with Crippen LogP contribution in [0.5, 0.6) is 0 Å². The van der Waals surface area contributed by atoms with Crippen LogP contribution < -0.4 is 0 Å². The smallest absolute Gasteiger partial charge is 0.102 e. The minimum Gasteiger partial charge on any atom is -0.251 e. The maximum Gasteiger partial charge on any atom is 0.102 e. The number of rotatable bonds is 0. The number of aromatic nitrogens is 2. The van der Waals surface area contributed by atoms with Crippen molar-refractivity contribution in [1.29, 1.82) is 0 Å². The van der Waals surface area contributed by atoms with Gasteiger partial charge in [0.25, 0.3) is 0 Å². The lowest BCUT2D eigenvalue weighted by Crippen LogP contribution is -1.88. The zero-order chi connectivity index (χ0) is 11.1. The van der Waals surface area contributed by atoms with E-state index in [1.165, 1.54) is 0 Å². The van der Waals surface area contributed by atoms with Crippen LogP contribution in [-0.4, -0.2) is 9.97 Å². The van der Waals surface area contributed by atoms with E-state index in [4.69, 9.17) is 0 Å². The van der Waals surface area contributed by atoms with Gasteiger partial charge < -0.3 is 0 Å². The normalized spacial score (nSPS) is 11.1. The fourth-order valence-corrected chi connectivity index (χ4v) is 2.26. The first-order valence-electron chi connectivity index (χ1n) is 5.07. The standard InChI is InChI=1S/C13H9IN2/c1-8-2-3-9-4-5-10-6-7-11(14)16-13(10)12(9)15-8/h2-7H,1H3. The lowest BCUT2D eigenvalue weighted by Gasteiger charge is -2.03. The summed E-state index contributed by atoms with van der Waals surface area (Å²) < 4.78 is 1.00. The van der Waals surface area contributed by atoms with Gasteiger partial charge in [-0.25, -0.2) is 4.98 Å². The topological polar surface area (TPSA) is 25.8 Å². The molecule has 3 heteroatoms. The second kappa shape index (κ2) is 3.66. The van der Waals surface area contributed by atoms with E-state index in [2.05, 4.69) is 56.8 Å². The van der Waals surface area contributed by atoms with Gasteiger partial charge in [-0.2, -0.15) is 0 Å². The Bertz CT molecular complexity index is 631. The lowest BCUT2D eigenvalue weighted by atomic mass is 10.1. The van der Waals surface area contributed by atoms with Crippen molar-refractivity contribution in [2.75, 3.05) is 0 Å². The predicted molar refractivity (Wildman–Crippen MR) is 74.5 cm³/mol. The molecule has 1 aromatic carbocycles. The largest absolute Gasteiger partial charge is 0.251 e. The molecule has 16 heavy (non-hydrogen) atoms. The van der Waals surface area contributed by atoms with Gasteiger partial charge >= 0.3 is 0 Å². The van der Waals surface area contributed by atoms with E-state index in [1.807, 2.05) is 19.1 Å². The van der Waals surface area contributed by atoms with Crippen molar-refractivity contribution in [3.63, 3.8) is 0 Å². The molecule has 0 spiro atoms. The van der Waals surface area contributed by atoms with Crippen LogP contribution >= 0.6 is 22.6 Å². The minimum atomic E-state index is 0.994. The Morgan fingerprint density at radius 2 is 1.38 bits per heavy atom. The summed E-state index contributed by atoms with van der Waals surface area (Å²) in [4.78, 5) is 9.15. The van der Waals surface area contributed by atoms with Crippen molar-refractivity contribution < 1.29 is 0 Å². The number of fused-ring (bicyclic) bond motifs is 3. The summed E-state index contributed by atoms with van der Waals surface area (Å²) in [5, 5.41) is 2.29. The molecule has 0 bridgehead atoms. The fraction of sp³-hybridized carbons (Fsp3) is 0.0769. The summed E-state index contributed by atoms with van der Waals surface area (Å²) in [6.45, 7) is 2.01. The predicted octanol–water partition coefficient (Wildman–Crippen LogP) is 3.70. The molecule has 0 aliphatic rings. The van der Waals surface area contributed by atoms with Crippen molar-refractivity contribution in [3.8, 4) is 0 Å². The Hall–Kier alpha value is -1.23. The molecule has 0 unspecified atom stereocenters. The van der Waals surface area contributed by atoms with Gasteiger partial charge in [0.1, 0.15) is 3.70 Å². The Morgan fingerprint density at radius 3 is 2.12 bits per heavy atom. The highest BCUT2D eigenvalue weighted by Crippen LogP contribution is 2.23. The summed E-state index contributed by atoms with van der Waals surface area (Å²) in [5.74, 6) is 0. The molecule has 3 rings (SSSR count). The first-order chi connectivity index (χ1) is 7.74. The molecule has 0 radical (unpaired) electrons. The number of hydrogen-bond donors (Lipinski definition) is 0. The van der Waals surface area contributed by atoms with Gasteiger partial charge in [-0.05, 0) is 41.6 Å². The summed E-state index contributed by atoms with van der Waals surface area (Å²) in [7, 11) is 0. The highest BCUT2D eigenvalue weighted by Gasteiger charge is 2.03. The third-order valence-electron chi connectivity index (χ3n) is 2.62. The molecule has 0 fully saturated rings. The third-order valence-corrected chi connectivity index (χ3v) is 3.23. The molecule has 0 amide bonds. The number of nitrogens with zero attached hydrogens (tertiary/aromatic N) is 2. The molecule has 3 aromatic rings. The van der Waals surface area contributed by atoms with Crippen molar-refractivity contribution in [3.05, 3.63) is 45.8 Å². The van der Waals surface area contributed by atoms with Crippen LogP contribution in [0, 0.1) is 10.6 Å². The molecule has 0 aliphatic heterocycles. The first-order valence-corrected chi connectivity index (χ1v) is 6.14. The summed E-state index contributed by atoms with van der Waals surface area (Å²) in [6, 6.07) is 12.4. The van der Waals surface area contributed by atoms with Crippen LogP contribution in [0.3, 0.4) is 0 Å². The molecule has 0 saturated heterocycles. The van der Waals surface area contributed by atoms with E-state index in [-0.39, 0.29) is 0 Å². The monoisotopic (exact) mass is 320 g/mol. The zero-order valence-electron chi connectivity index (χ0n) is 8.74. The second-order valence-corrected chi connectivity index (χ2v) is 4.90. The van der Waals surface area contributed by atoms with Gasteiger partial charge in [-0.15, -0.1) is 0 Å². The van der Waals surface area contributed by atoms with Crippen LogP contribution in [0.15, 0.2) is 36.4 Å². The molecule has 0 aliphatic carbocycles. The Kier molecular flexibility index (Phi) is 2.28. The molecular weight excluding hydrogens is 311 g/mol. The van der Waals surface area contributed by atoms with Gasteiger partial charge in [0.15, 0.2) is 0 Å². The van der Waals surface area contributed by atoms with E-state index in [0.29, 0.717) is 0 Å². The SMILES string of the molecule is Cc1ccc2ccc3ccc(I)nc3c2n1. The van der Waals surface area contributed by atoms with Crippen LogP contribution in [0.25, 0.3) is 21.8 Å². The third kappa shape index (κ3) is 1.55. The highest BCUT2D eigenvalue weighted by atomic mass is 127. The molecular formula is C13H9IN2. The molecule has 2 aromatic heterocycles. The van der Waals surface area contributed by atoms with Gasteiger partial charge in [-0.3, -0.25) is 4.98 Å². The number of hydrogen-bond acceptors (Lipinski definition) is 2. The first kappa shape index (κ1) is 9.96. The van der Waals surface area contributed by atoms with Crippen molar-refractivity contribution in [1.82, 2.24) is 9.97 Å². The minimum absolute atomic E-state index is 0.994. The van der Waals surface area contributed by atoms with Crippen molar-refractivity contribution >= 4 is 44.4 Å². The molecule has 0 saturated carbocycles. The van der Waals surface area contributed by atoms with Gasteiger partial charge in [0.05, 0.1) is 11.0 Å². The van der Waals surface area contributed by atoms with E-state index >= 15 is 0 Å². The Labute approximate surface area is 107 Å². The summed E-state index contributed by atoms with van der Waals surface area (Å²) in [5.41, 5.74) is 3.02. The van der Waals surface area contributed by atoms with Crippen molar-refractivity contribution in [2.45, 2.75) is 6.92 Å². The highest BCUT2D eigenvalue weighted by molar-refractivity contribution is 14.1. The molecule has 0 atom stereocenters. The number of aryl methyl sites for hydroxylation is 1. The summed E-state index contributed by atoms with van der Waals surface area (Å²) >= 11 is 2.23. The van der Waals surface area contributed by atoms with Crippen LogP contribution in [0.1, 0.15) is 5.69 Å². The maximum absolute atomic E-state index is 4.58. The number of benzene rings is 1. The second-order valence-electron chi connectivity index (χ2n) is 3.80. The van der Waals surface area contributed by atoms with E-state index in [0.717, 1.165) is 31.2 Å². The lowest BCUT2D eigenvalue weighted by molar-refractivity contribution is 1.25. The number of halogens is 1. The average molecular weight is 320 g/mol. The van der Waals surface area contributed by atoms with E-state index in [9.17, 15) is 0 Å². The fourth-order valence-electron chi connectivity index (χ4n) is 1.84.